The zero-order valence-corrected chi connectivity index (χ0v) is 13.7. The van der Waals surface area contributed by atoms with Gasteiger partial charge >= 0.3 is 0 Å². The lowest BCUT2D eigenvalue weighted by molar-refractivity contribution is -0.136. The lowest BCUT2D eigenvalue weighted by atomic mass is 9.88. The van der Waals surface area contributed by atoms with E-state index in [0.29, 0.717) is 5.91 Å². The first-order valence-electron chi connectivity index (χ1n) is 8.25. The second-order valence-corrected chi connectivity index (χ2v) is 6.56. The van der Waals surface area contributed by atoms with E-state index >= 15 is 0 Å². The summed E-state index contributed by atoms with van der Waals surface area (Å²) >= 11 is 0. The van der Waals surface area contributed by atoms with Crippen molar-refractivity contribution in [1.82, 2.24) is 4.90 Å². The molecule has 0 aromatic heterocycles. The number of hydrogen-bond donors (Lipinski definition) is 1. The second kappa shape index (κ2) is 8.89. The largest absolute Gasteiger partial charge is 0.342 e. The number of hydrogen-bond acceptors (Lipinski definition) is 2. The number of carbonyl (C=O) groups excluding carboxylic acids is 1. The third kappa shape index (κ3) is 4.92. The van der Waals surface area contributed by atoms with E-state index in [1.807, 2.05) is 0 Å². The summed E-state index contributed by atoms with van der Waals surface area (Å²) < 4.78 is 0. The van der Waals surface area contributed by atoms with Crippen molar-refractivity contribution >= 4 is 18.3 Å². The maximum atomic E-state index is 12.6. The minimum absolute atomic E-state index is 0. The summed E-state index contributed by atoms with van der Waals surface area (Å²) in [4.78, 5) is 14.8. The van der Waals surface area contributed by atoms with Gasteiger partial charge in [-0.05, 0) is 44.4 Å². The van der Waals surface area contributed by atoms with Gasteiger partial charge in [0.2, 0.25) is 5.91 Å². The summed E-state index contributed by atoms with van der Waals surface area (Å²) in [6.07, 6.45) is 10.7. The highest BCUT2D eigenvalue weighted by Gasteiger charge is 2.31. The van der Waals surface area contributed by atoms with Gasteiger partial charge in [0.05, 0.1) is 0 Å². The van der Waals surface area contributed by atoms with E-state index in [4.69, 9.17) is 5.73 Å². The fourth-order valence-electron chi connectivity index (χ4n) is 3.74. The molecule has 0 aromatic carbocycles. The molecule has 2 saturated carbocycles. The molecule has 3 nitrogen and oxygen atoms in total. The molecule has 2 aliphatic rings. The second-order valence-electron chi connectivity index (χ2n) is 6.56. The summed E-state index contributed by atoms with van der Waals surface area (Å²) in [5.41, 5.74) is 5.95. The lowest BCUT2D eigenvalue weighted by Crippen LogP contribution is -2.40. The van der Waals surface area contributed by atoms with E-state index in [1.165, 1.54) is 32.1 Å². The molecule has 0 radical (unpaired) electrons. The number of rotatable bonds is 5. The lowest BCUT2D eigenvalue weighted by Gasteiger charge is -2.31. The standard InChI is InChI=1S/C16H30N2O.ClH/c1-2-10-18(12-13-6-4-3-5-7-13)16(19)14-8-9-15(17)11-14;/h13-15H,2-12,17H2,1H3;1H. The first-order valence-corrected chi connectivity index (χ1v) is 8.25. The Morgan fingerprint density at radius 3 is 2.40 bits per heavy atom. The maximum Gasteiger partial charge on any atom is 0.225 e. The highest BCUT2D eigenvalue weighted by Crippen LogP contribution is 2.29. The highest BCUT2D eigenvalue weighted by molar-refractivity contribution is 5.85. The van der Waals surface area contributed by atoms with E-state index in [-0.39, 0.29) is 24.4 Å². The van der Waals surface area contributed by atoms with Gasteiger partial charge in [0.1, 0.15) is 0 Å². The molecule has 118 valence electrons. The molecule has 4 heteroatoms. The molecule has 0 bridgehead atoms. The molecule has 2 fully saturated rings. The van der Waals surface area contributed by atoms with Crippen molar-refractivity contribution in [3.05, 3.63) is 0 Å². The Kier molecular flexibility index (Phi) is 7.90. The molecule has 2 N–H and O–H groups in total. The van der Waals surface area contributed by atoms with Gasteiger partial charge in [0, 0.05) is 25.0 Å². The van der Waals surface area contributed by atoms with Crippen molar-refractivity contribution in [2.24, 2.45) is 17.6 Å². The van der Waals surface area contributed by atoms with Crippen LogP contribution in [0.2, 0.25) is 0 Å². The van der Waals surface area contributed by atoms with E-state index in [2.05, 4.69) is 11.8 Å². The summed E-state index contributed by atoms with van der Waals surface area (Å²) in [5, 5.41) is 0. The molecule has 0 spiro atoms. The molecule has 1 amide bonds. The van der Waals surface area contributed by atoms with Gasteiger partial charge in [-0.1, -0.05) is 26.2 Å². The molecule has 0 aliphatic heterocycles. The Bertz CT molecular complexity index is 292. The van der Waals surface area contributed by atoms with E-state index < -0.39 is 0 Å². The van der Waals surface area contributed by atoms with Crippen LogP contribution in [0, 0.1) is 11.8 Å². The zero-order chi connectivity index (χ0) is 13.7. The Labute approximate surface area is 130 Å². The smallest absolute Gasteiger partial charge is 0.225 e. The van der Waals surface area contributed by atoms with Crippen molar-refractivity contribution in [3.63, 3.8) is 0 Å². The summed E-state index contributed by atoms with van der Waals surface area (Å²) in [7, 11) is 0. The average molecular weight is 303 g/mol. The Balaban J connectivity index is 0.00000200. The average Bonchev–Trinajstić information content (AvgIpc) is 2.85. The third-order valence-corrected chi connectivity index (χ3v) is 4.83. The molecule has 2 atom stereocenters. The van der Waals surface area contributed by atoms with Crippen LogP contribution in [0.3, 0.4) is 0 Å². The topological polar surface area (TPSA) is 46.3 Å². The Morgan fingerprint density at radius 2 is 1.85 bits per heavy atom. The Morgan fingerprint density at radius 1 is 1.15 bits per heavy atom. The fourth-order valence-corrected chi connectivity index (χ4v) is 3.74. The Hall–Kier alpha value is -0.280. The first kappa shape index (κ1) is 17.8. The molecule has 0 aromatic rings. The van der Waals surface area contributed by atoms with Crippen LogP contribution in [0.1, 0.15) is 64.7 Å². The van der Waals surface area contributed by atoms with Crippen LogP contribution < -0.4 is 5.73 Å². The molecule has 0 heterocycles. The van der Waals surface area contributed by atoms with Crippen LogP contribution in [0.25, 0.3) is 0 Å². The van der Waals surface area contributed by atoms with Gasteiger partial charge in [-0.15, -0.1) is 12.4 Å². The number of nitrogens with two attached hydrogens (primary N) is 1. The van der Waals surface area contributed by atoms with Gasteiger partial charge in [-0.2, -0.15) is 0 Å². The molecule has 0 saturated heterocycles. The number of nitrogens with zero attached hydrogens (tertiary/aromatic N) is 1. The molecule has 2 rings (SSSR count). The predicted octanol–water partition coefficient (Wildman–Crippen LogP) is 3.35. The van der Waals surface area contributed by atoms with Gasteiger partial charge in [0.15, 0.2) is 0 Å². The van der Waals surface area contributed by atoms with Gasteiger partial charge < -0.3 is 10.6 Å². The minimum atomic E-state index is 0. The van der Waals surface area contributed by atoms with Crippen molar-refractivity contribution < 1.29 is 4.79 Å². The van der Waals surface area contributed by atoms with Crippen LogP contribution in [0.4, 0.5) is 0 Å². The van der Waals surface area contributed by atoms with Crippen LogP contribution in [-0.2, 0) is 4.79 Å². The summed E-state index contributed by atoms with van der Waals surface area (Å²) in [6.45, 7) is 4.10. The third-order valence-electron chi connectivity index (χ3n) is 4.83. The van der Waals surface area contributed by atoms with Crippen molar-refractivity contribution in [2.75, 3.05) is 13.1 Å². The number of amides is 1. The quantitative estimate of drug-likeness (QED) is 0.846. The molecule has 20 heavy (non-hydrogen) atoms. The predicted molar refractivity (Wildman–Crippen MR) is 86.0 cm³/mol. The highest BCUT2D eigenvalue weighted by atomic mass is 35.5. The fraction of sp³-hybridized carbons (Fsp3) is 0.938. The summed E-state index contributed by atoms with van der Waals surface area (Å²) in [5.74, 6) is 1.35. The molecular weight excluding hydrogens is 272 g/mol. The molecule has 2 unspecified atom stereocenters. The normalized spacial score (nSPS) is 27.1. The van der Waals surface area contributed by atoms with Gasteiger partial charge in [-0.25, -0.2) is 0 Å². The number of halogens is 1. The van der Waals surface area contributed by atoms with Crippen molar-refractivity contribution in [1.29, 1.82) is 0 Å². The van der Waals surface area contributed by atoms with Gasteiger partial charge in [-0.3, -0.25) is 4.79 Å². The van der Waals surface area contributed by atoms with E-state index in [0.717, 1.165) is 44.7 Å². The SMILES string of the molecule is CCCN(CC1CCCCC1)C(=O)C1CCC(N)C1.Cl. The van der Waals surface area contributed by atoms with Crippen LogP contribution >= 0.6 is 12.4 Å². The molecular formula is C16H31ClN2O. The summed E-state index contributed by atoms with van der Waals surface area (Å²) in [6, 6.07) is 0.257. The van der Waals surface area contributed by atoms with Crippen molar-refractivity contribution in [2.45, 2.75) is 70.8 Å². The molecule has 2 aliphatic carbocycles. The van der Waals surface area contributed by atoms with E-state index in [1.54, 1.807) is 0 Å². The number of carbonyl (C=O) groups is 1. The monoisotopic (exact) mass is 302 g/mol. The van der Waals surface area contributed by atoms with Crippen LogP contribution in [0.15, 0.2) is 0 Å². The zero-order valence-electron chi connectivity index (χ0n) is 12.9. The van der Waals surface area contributed by atoms with Gasteiger partial charge in [0.25, 0.3) is 0 Å². The van der Waals surface area contributed by atoms with Crippen LogP contribution in [0.5, 0.6) is 0 Å². The minimum Gasteiger partial charge on any atom is -0.342 e. The maximum absolute atomic E-state index is 12.6. The van der Waals surface area contributed by atoms with Crippen LogP contribution in [-0.4, -0.2) is 29.9 Å². The first-order chi connectivity index (χ1) is 9.20. The van der Waals surface area contributed by atoms with Crippen molar-refractivity contribution in [3.8, 4) is 0 Å². The van der Waals surface area contributed by atoms with E-state index in [9.17, 15) is 4.79 Å².